The molecule has 0 aromatic heterocycles. The maximum Gasteiger partial charge on any atom is 0.308 e. The first-order valence-corrected chi connectivity index (χ1v) is 10.4. The van der Waals surface area contributed by atoms with Crippen LogP contribution in [0, 0.1) is 3.57 Å². The second kappa shape index (κ2) is 13.3. The largest absolute Gasteiger partial charge is 0.493 e. The van der Waals surface area contributed by atoms with Crippen molar-refractivity contribution >= 4 is 46.5 Å². The molecule has 0 saturated heterocycles. The molecule has 0 heterocycles. The number of benzene rings is 2. The van der Waals surface area contributed by atoms with Crippen molar-refractivity contribution in [3.8, 4) is 23.0 Å². The fourth-order valence-corrected chi connectivity index (χ4v) is 3.13. The van der Waals surface area contributed by atoms with E-state index in [4.69, 9.17) is 29.2 Å². The van der Waals surface area contributed by atoms with Gasteiger partial charge in [-0.1, -0.05) is 6.07 Å². The van der Waals surface area contributed by atoms with Crippen LogP contribution in [0.25, 0.3) is 0 Å². The molecule has 2 N–H and O–H groups in total. The van der Waals surface area contributed by atoms with Crippen LogP contribution >= 0.6 is 22.6 Å². The van der Waals surface area contributed by atoms with E-state index in [0.717, 1.165) is 0 Å². The van der Waals surface area contributed by atoms with Crippen LogP contribution in [0.5, 0.6) is 23.0 Å². The molecule has 0 radical (unpaired) electrons. The van der Waals surface area contributed by atoms with Crippen LogP contribution in [0.3, 0.4) is 0 Å². The third-order valence-electron chi connectivity index (χ3n) is 3.77. The second-order valence-corrected chi connectivity index (χ2v) is 7.57. The van der Waals surface area contributed by atoms with Crippen LogP contribution in [-0.2, 0) is 32.0 Å². The number of carbonyl (C=O) groups is 4. The number of methoxy groups -OCH3 is 2. The number of halogens is 1. The molecule has 0 saturated carbocycles. The smallest absolute Gasteiger partial charge is 0.308 e. The molecule has 0 aliphatic carbocycles. The Bertz CT molecular complexity index is 1030. The molecule has 0 atom stereocenters. The Balaban J connectivity index is 0.000000331. The fraction of sp³-hybridized carbons (Fsp3) is 0.273. The summed E-state index contributed by atoms with van der Waals surface area (Å²) in [5.41, 5.74) is 1.20. The lowest BCUT2D eigenvalue weighted by molar-refractivity contribution is -0.137. The van der Waals surface area contributed by atoms with Gasteiger partial charge in [0, 0.05) is 17.4 Å². The summed E-state index contributed by atoms with van der Waals surface area (Å²) in [6.45, 7) is 2.57. The summed E-state index contributed by atoms with van der Waals surface area (Å²) < 4.78 is 20.6. The molecule has 33 heavy (non-hydrogen) atoms. The molecule has 0 unspecified atom stereocenters. The molecule has 0 aliphatic heterocycles. The molecule has 178 valence electrons. The number of aliphatic carboxylic acids is 2. The van der Waals surface area contributed by atoms with Gasteiger partial charge in [0.25, 0.3) is 0 Å². The molecule has 10 nitrogen and oxygen atoms in total. The Hall–Kier alpha value is -3.35. The number of hydrogen-bond donors (Lipinski definition) is 2. The average molecular weight is 574 g/mol. The van der Waals surface area contributed by atoms with E-state index in [9.17, 15) is 19.2 Å². The van der Waals surface area contributed by atoms with Crippen molar-refractivity contribution in [1.82, 2.24) is 0 Å². The van der Waals surface area contributed by atoms with E-state index >= 15 is 0 Å². The van der Waals surface area contributed by atoms with Crippen molar-refractivity contribution in [1.29, 1.82) is 0 Å². The van der Waals surface area contributed by atoms with E-state index < -0.39 is 23.9 Å². The van der Waals surface area contributed by atoms with Gasteiger partial charge >= 0.3 is 23.9 Å². The molecule has 0 amide bonds. The maximum atomic E-state index is 10.9. The first kappa shape index (κ1) is 27.7. The monoisotopic (exact) mass is 574 g/mol. The lowest BCUT2D eigenvalue weighted by atomic mass is 10.1. The molecule has 11 heteroatoms. The predicted octanol–water partition coefficient (Wildman–Crippen LogP) is 3.10. The highest BCUT2D eigenvalue weighted by atomic mass is 127. The van der Waals surface area contributed by atoms with Gasteiger partial charge in [-0.25, -0.2) is 0 Å². The van der Waals surface area contributed by atoms with E-state index in [2.05, 4.69) is 0 Å². The Morgan fingerprint density at radius 1 is 0.758 bits per heavy atom. The zero-order chi connectivity index (χ0) is 25.1. The van der Waals surface area contributed by atoms with Crippen LogP contribution in [0.2, 0.25) is 0 Å². The van der Waals surface area contributed by atoms with E-state index in [0.29, 0.717) is 31.9 Å². The topological polar surface area (TPSA) is 146 Å². The number of ether oxygens (including phenoxy) is 4. The molecule has 2 aromatic rings. The van der Waals surface area contributed by atoms with Gasteiger partial charge in [0.05, 0.1) is 27.1 Å². The quantitative estimate of drug-likeness (QED) is 0.274. The highest BCUT2D eigenvalue weighted by Crippen LogP contribution is 2.32. The van der Waals surface area contributed by atoms with Gasteiger partial charge in [0.15, 0.2) is 23.0 Å². The van der Waals surface area contributed by atoms with Crippen LogP contribution in [0.4, 0.5) is 0 Å². The highest BCUT2D eigenvalue weighted by molar-refractivity contribution is 14.1. The van der Waals surface area contributed by atoms with Crippen molar-refractivity contribution < 1.29 is 48.3 Å². The molecular weight excluding hydrogens is 551 g/mol. The van der Waals surface area contributed by atoms with Crippen molar-refractivity contribution in [2.75, 3.05) is 14.2 Å². The van der Waals surface area contributed by atoms with Gasteiger partial charge < -0.3 is 29.2 Å². The van der Waals surface area contributed by atoms with Gasteiger partial charge in [-0.05, 0) is 58.0 Å². The molecular formula is C22H23IO10. The summed E-state index contributed by atoms with van der Waals surface area (Å²) in [6, 6.07) is 7.77. The van der Waals surface area contributed by atoms with Crippen LogP contribution in [0.1, 0.15) is 25.0 Å². The van der Waals surface area contributed by atoms with Gasteiger partial charge in [0.1, 0.15) is 0 Å². The predicted molar refractivity (Wildman–Crippen MR) is 124 cm³/mol. The van der Waals surface area contributed by atoms with Crippen LogP contribution in [-0.4, -0.2) is 48.3 Å². The average Bonchev–Trinajstić information content (AvgIpc) is 2.70. The zero-order valence-corrected chi connectivity index (χ0v) is 20.5. The van der Waals surface area contributed by atoms with E-state index in [1.165, 1.54) is 40.2 Å². The Morgan fingerprint density at radius 2 is 1.27 bits per heavy atom. The summed E-state index contributed by atoms with van der Waals surface area (Å²) in [5.74, 6) is -1.50. The molecule has 2 rings (SSSR count). The Labute approximate surface area is 203 Å². The maximum absolute atomic E-state index is 10.9. The minimum absolute atomic E-state index is 0.100. The summed E-state index contributed by atoms with van der Waals surface area (Å²) in [4.78, 5) is 42.8. The van der Waals surface area contributed by atoms with Crippen molar-refractivity contribution in [2.45, 2.75) is 26.7 Å². The second-order valence-electron chi connectivity index (χ2n) is 6.41. The minimum atomic E-state index is -0.928. The summed E-state index contributed by atoms with van der Waals surface area (Å²) >= 11 is 1.99. The normalized spacial score (nSPS) is 9.73. The van der Waals surface area contributed by atoms with E-state index in [-0.39, 0.29) is 18.6 Å². The summed E-state index contributed by atoms with van der Waals surface area (Å²) in [7, 11) is 2.85. The molecule has 0 aliphatic rings. The number of carboxylic acids is 2. The standard InChI is InChI=1S/C11H11IO5.C11H12O5/c1-6(13)17-10-5-8(12)7(4-11(14)15)3-9(10)16-2;1-7(12)16-9-4-3-8(6-11(13)14)5-10(9)15-2/h3,5H,4H2,1-2H3,(H,14,15);3-5H,6H2,1-2H3,(H,13,14). The van der Waals surface area contributed by atoms with Crippen LogP contribution < -0.4 is 18.9 Å². The van der Waals surface area contributed by atoms with Crippen molar-refractivity contribution in [3.05, 3.63) is 45.0 Å². The van der Waals surface area contributed by atoms with Crippen LogP contribution in [0.15, 0.2) is 30.3 Å². The van der Waals surface area contributed by atoms with Gasteiger partial charge in [-0.2, -0.15) is 0 Å². The van der Waals surface area contributed by atoms with Crippen molar-refractivity contribution in [3.63, 3.8) is 0 Å². The first-order chi connectivity index (χ1) is 15.5. The Kier molecular flexibility index (Phi) is 11.1. The molecule has 0 spiro atoms. The summed E-state index contributed by atoms with van der Waals surface area (Å²) in [5, 5.41) is 17.4. The number of hydrogen-bond acceptors (Lipinski definition) is 8. The zero-order valence-electron chi connectivity index (χ0n) is 18.3. The van der Waals surface area contributed by atoms with Gasteiger partial charge in [-0.3, -0.25) is 19.2 Å². The third kappa shape index (κ3) is 9.76. The molecule has 0 bridgehead atoms. The van der Waals surface area contributed by atoms with Gasteiger partial charge in [-0.15, -0.1) is 0 Å². The minimum Gasteiger partial charge on any atom is -0.493 e. The van der Waals surface area contributed by atoms with E-state index in [1.54, 1.807) is 18.2 Å². The van der Waals surface area contributed by atoms with Crippen molar-refractivity contribution in [2.24, 2.45) is 0 Å². The third-order valence-corrected chi connectivity index (χ3v) is 4.77. The number of carboxylic acid groups (broad SMARTS) is 2. The fourth-order valence-electron chi connectivity index (χ4n) is 2.51. The Morgan fingerprint density at radius 3 is 1.76 bits per heavy atom. The SMILES string of the molecule is COc1cc(CC(=O)O)c(I)cc1OC(C)=O.COc1cc(CC(=O)O)ccc1OC(C)=O. The molecule has 0 fully saturated rings. The lowest BCUT2D eigenvalue weighted by Gasteiger charge is -2.11. The van der Waals surface area contributed by atoms with Gasteiger partial charge in [0.2, 0.25) is 0 Å². The number of rotatable bonds is 8. The summed E-state index contributed by atoms with van der Waals surface area (Å²) in [6.07, 6.45) is -0.203. The first-order valence-electron chi connectivity index (χ1n) is 9.30. The van der Waals surface area contributed by atoms with E-state index in [1.807, 2.05) is 22.6 Å². The number of esters is 2. The highest BCUT2D eigenvalue weighted by Gasteiger charge is 2.14. The number of carbonyl (C=O) groups excluding carboxylic acids is 2. The lowest BCUT2D eigenvalue weighted by Crippen LogP contribution is -2.06. The molecule has 2 aromatic carbocycles.